The third-order valence-corrected chi connectivity index (χ3v) is 3.37. The van der Waals surface area contributed by atoms with Crippen LogP contribution in [0, 0.1) is 6.07 Å². The Labute approximate surface area is 117 Å². The highest BCUT2D eigenvalue weighted by molar-refractivity contribution is 6.34. The predicted octanol–water partition coefficient (Wildman–Crippen LogP) is 3.60. The first-order chi connectivity index (χ1) is 9.16. The molecule has 0 amide bonds. The Balaban J connectivity index is 2.16. The zero-order valence-corrected chi connectivity index (χ0v) is 11.5. The fraction of sp³-hybridized carbons (Fsp3) is 0.200. The van der Waals surface area contributed by atoms with Crippen LogP contribution < -0.4 is 14.4 Å². The summed E-state index contributed by atoms with van der Waals surface area (Å²) in [7, 11) is 3.98. The van der Waals surface area contributed by atoms with E-state index < -0.39 is 0 Å². The molecule has 0 atom stereocenters. The van der Waals surface area contributed by atoms with Gasteiger partial charge in [-0.05, 0) is 23.8 Å². The molecule has 97 valence electrons. The molecule has 3 nitrogen and oxygen atoms in total. The summed E-state index contributed by atoms with van der Waals surface area (Å²) in [6, 6.07) is 12.7. The van der Waals surface area contributed by atoms with Crippen LogP contribution in [0.1, 0.15) is 0 Å². The Morgan fingerprint density at radius 3 is 2.74 bits per heavy atom. The minimum atomic E-state index is 0.272. The largest absolute Gasteiger partial charge is 0.454 e. The number of ether oxygens (including phenoxy) is 2. The van der Waals surface area contributed by atoms with E-state index in [1.165, 1.54) is 0 Å². The molecule has 0 bridgehead atoms. The molecular formula is C15H13ClNO2. The van der Waals surface area contributed by atoms with Crippen molar-refractivity contribution in [1.82, 2.24) is 0 Å². The van der Waals surface area contributed by atoms with E-state index in [-0.39, 0.29) is 6.79 Å². The molecule has 2 aromatic rings. The molecule has 19 heavy (non-hydrogen) atoms. The zero-order valence-electron chi connectivity index (χ0n) is 10.7. The fourth-order valence-corrected chi connectivity index (χ4v) is 2.43. The monoisotopic (exact) mass is 274 g/mol. The van der Waals surface area contributed by atoms with Crippen molar-refractivity contribution >= 4 is 17.3 Å². The first-order valence-electron chi connectivity index (χ1n) is 5.94. The van der Waals surface area contributed by atoms with Gasteiger partial charge in [0.2, 0.25) is 6.79 Å². The third kappa shape index (κ3) is 2.10. The van der Waals surface area contributed by atoms with E-state index in [1.807, 2.05) is 49.3 Å². The van der Waals surface area contributed by atoms with Gasteiger partial charge < -0.3 is 14.4 Å². The van der Waals surface area contributed by atoms with E-state index >= 15 is 0 Å². The number of nitrogens with zero attached hydrogens (tertiary/aromatic N) is 1. The van der Waals surface area contributed by atoms with E-state index in [1.54, 1.807) is 0 Å². The van der Waals surface area contributed by atoms with Gasteiger partial charge in [-0.2, -0.15) is 0 Å². The van der Waals surface area contributed by atoms with E-state index in [0.29, 0.717) is 5.02 Å². The van der Waals surface area contributed by atoms with Gasteiger partial charge in [-0.25, -0.2) is 0 Å². The zero-order chi connectivity index (χ0) is 13.4. The summed E-state index contributed by atoms with van der Waals surface area (Å²) < 4.78 is 10.7. The first-order valence-corrected chi connectivity index (χ1v) is 6.32. The molecule has 0 spiro atoms. The molecule has 1 radical (unpaired) electrons. The first kappa shape index (κ1) is 12.2. The number of hydrogen-bond donors (Lipinski definition) is 0. The van der Waals surface area contributed by atoms with E-state index in [0.717, 1.165) is 28.3 Å². The maximum absolute atomic E-state index is 6.30. The maximum Gasteiger partial charge on any atom is 0.231 e. The summed E-state index contributed by atoms with van der Waals surface area (Å²) in [6.07, 6.45) is 0. The van der Waals surface area contributed by atoms with Gasteiger partial charge in [0.1, 0.15) is 0 Å². The van der Waals surface area contributed by atoms with Crippen LogP contribution in [0.2, 0.25) is 5.02 Å². The summed E-state index contributed by atoms with van der Waals surface area (Å²) in [5.41, 5.74) is 2.99. The molecule has 2 aromatic carbocycles. The Kier molecular flexibility index (Phi) is 2.99. The topological polar surface area (TPSA) is 21.7 Å². The molecule has 0 N–H and O–H groups in total. The molecular weight excluding hydrogens is 262 g/mol. The number of rotatable bonds is 2. The van der Waals surface area contributed by atoms with Crippen LogP contribution in [0.15, 0.2) is 30.3 Å². The minimum Gasteiger partial charge on any atom is -0.454 e. The Bertz CT molecular complexity index is 626. The summed E-state index contributed by atoms with van der Waals surface area (Å²) in [4.78, 5) is 2.03. The Morgan fingerprint density at radius 1 is 1.16 bits per heavy atom. The second-order valence-corrected chi connectivity index (χ2v) is 4.89. The quantitative estimate of drug-likeness (QED) is 0.835. The second kappa shape index (κ2) is 4.67. The summed E-state index contributed by atoms with van der Waals surface area (Å²) >= 11 is 6.30. The number of hydrogen-bond acceptors (Lipinski definition) is 3. The lowest BCUT2D eigenvalue weighted by Crippen LogP contribution is -2.10. The van der Waals surface area contributed by atoms with Gasteiger partial charge in [0.25, 0.3) is 0 Å². The standard InChI is InChI=1S/C15H13ClNO2/c1-17(2)12-5-3-4-11(16)15(12)10-6-7-13-14(8-10)19-9-18-13/h3,5-8H,9H2,1-2H3. The van der Waals surface area contributed by atoms with Crippen molar-refractivity contribution in [1.29, 1.82) is 0 Å². The van der Waals surface area contributed by atoms with Crippen LogP contribution in [0.3, 0.4) is 0 Å². The molecule has 0 aliphatic carbocycles. The molecule has 0 saturated carbocycles. The van der Waals surface area contributed by atoms with Crippen molar-refractivity contribution in [2.24, 2.45) is 0 Å². The van der Waals surface area contributed by atoms with Gasteiger partial charge in [-0.15, -0.1) is 0 Å². The molecule has 0 unspecified atom stereocenters. The van der Waals surface area contributed by atoms with Crippen molar-refractivity contribution < 1.29 is 9.47 Å². The van der Waals surface area contributed by atoms with E-state index in [4.69, 9.17) is 21.1 Å². The van der Waals surface area contributed by atoms with Crippen LogP contribution in [-0.2, 0) is 0 Å². The molecule has 1 heterocycles. The van der Waals surface area contributed by atoms with Gasteiger partial charge in [-0.3, -0.25) is 0 Å². The van der Waals surface area contributed by atoms with Gasteiger partial charge in [0.05, 0.1) is 5.02 Å². The van der Waals surface area contributed by atoms with E-state index in [2.05, 4.69) is 6.07 Å². The van der Waals surface area contributed by atoms with Crippen molar-refractivity contribution in [2.75, 3.05) is 25.8 Å². The van der Waals surface area contributed by atoms with Crippen LogP contribution in [0.4, 0.5) is 5.69 Å². The molecule has 1 aliphatic heterocycles. The maximum atomic E-state index is 6.30. The Morgan fingerprint density at radius 2 is 1.95 bits per heavy atom. The van der Waals surface area contributed by atoms with Crippen LogP contribution in [0.5, 0.6) is 11.5 Å². The summed E-state index contributed by atoms with van der Waals surface area (Å²) in [5, 5.41) is 0.602. The molecule has 3 rings (SSSR count). The molecule has 0 aromatic heterocycles. The highest BCUT2D eigenvalue weighted by atomic mass is 35.5. The lowest BCUT2D eigenvalue weighted by atomic mass is 10.0. The molecule has 4 heteroatoms. The average molecular weight is 275 g/mol. The third-order valence-electron chi connectivity index (χ3n) is 3.07. The molecule has 1 aliphatic rings. The van der Waals surface area contributed by atoms with Gasteiger partial charge >= 0.3 is 0 Å². The smallest absolute Gasteiger partial charge is 0.231 e. The summed E-state index contributed by atoms with van der Waals surface area (Å²) in [5.74, 6) is 1.52. The fourth-order valence-electron chi connectivity index (χ4n) is 2.16. The highest BCUT2D eigenvalue weighted by Gasteiger charge is 2.17. The summed E-state index contributed by atoms with van der Waals surface area (Å²) in [6.45, 7) is 0.272. The van der Waals surface area contributed by atoms with Crippen molar-refractivity contribution in [3.8, 4) is 22.6 Å². The van der Waals surface area contributed by atoms with Crippen LogP contribution >= 0.6 is 11.6 Å². The average Bonchev–Trinajstić information content (AvgIpc) is 2.85. The minimum absolute atomic E-state index is 0.272. The second-order valence-electron chi connectivity index (χ2n) is 4.51. The van der Waals surface area contributed by atoms with Crippen LogP contribution in [0.25, 0.3) is 11.1 Å². The Hall–Kier alpha value is -1.87. The normalized spacial score (nSPS) is 12.6. The van der Waals surface area contributed by atoms with Crippen LogP contribution in [-0.4, -0.2) is 20.9 Å². The number of anilines is 1. The van der Waals surface area contributed by atoms with Gasteiger partial charge in [-0.1, -0.05) is 23.7 Å². The van der Waals surface area contributed by atoms with Crippen molar-refractivity contribution in [2.45, 2.75) is 0 Å². The lowest BCUT2D eigenvalue weighted by molar-refractivity contribution is 0.174. The molecule has 0 saturated heterocycles. The number of benzene rings is 2. The van der Waals surface area contributed by atoms with E-state index in [9.17, 15) is 0 Å². The SMILES string of the molecule is CN(C)c1cc[c]c(Cl)c1-c1ccc2c(c1)OCO2. The number of halogens is 1. The number of fused-ring (bicyclic) bond motifs is 1. The highest BCUT2D eigenvalue weighted by Crippen LogP contribution is 2.41. The van der Waals surface area contributed by atoms with Gasteiger partial charge in [0, 0.05) is 31.4 Å². The molecule has 0 fully saturated rings. The lowest BCUT2D eigenvalue weighted by Gasteiger charge is -2.18. The predicted molar refractivity (Wildman–Crippen MR) is 76.2 cm³/mol. The van der Waals surface area contributed by atoms with Crippen molar-refractivity contribution in [3.05, 3.63) is 41.4 Å². The van der Waals surface area contributed by atoms with Crippen molar-refractivity contribution in [3.63, 3.8) is 0 Å². The van der Waals surface area contributed by atoms with Gasteiger partial charge in [0.15, 0.2) is 11.5 Å².